The van der Waals surface area contributed by atoms with Gasteiger partial charge in [-0.3, -0.25) is 0 Å². The molecule has 0 aromatic rings. The lowest BCUT2D eigenvalue weighted by molar-refractivity contribution is -0.0360. The first-order valence-corrected chi connectivity index (χ1v) is 5.73. The molecule has 3 N–H and O–H groups in total. The van der Waals surface area contributed by atoms with E-state index in [1.165, 1.54) is 0 Å². The first kappa shape index (κ1) is 13.3. The molecular weight excluding hydrogens is 208 g/mol. The van der Waals surface area contributed by atoms with Crippen LogP contribution in [0.15, 0.2) is 5.16 Å². The summed E-state index contributed by atoms with van der Waals surface area (Å²) < 4.78 is 11.0. The molecule has 1 rings (SSSR count). The van der Waals surface area contributed by atoms with Gasteiger partial charge in [0.05, 0.1) is 6.10 Å². The van der Waals surface area contributed by atoms with Gasteiger partial charge in [0, 0.05) is 25.2 Å². The summed E-state index contributed by atoms with van der Waals surface area (Å²) >= 11 is 0. The Morgan fingerprint density at radius 3 is 2.69 bits per heavy atom. The van der Waals surface area contributed by atoms with Crippen molar-refractivity contribution in [2.75, 3.05) is 19.8 Å². The predicted molar refractivity (Wildman–Crippen MR) is 61.6 cm³/mol. The van der Waals surface area contributed by atoms with Gasteiger partial charge in [-0.05, 0) is 19.3 Å². The Kier molecular flexibility index (Phi) is 5.02. The van der Waals surface area contributed by atoms with E-state index in [-0.39, 0.29) is 11.3 Å². The average molecular weight is 230 g/mol. The van der Waals surface area contributed by atoms with E-state index in [0.29, 0.717) is 12.7 Å². The fourth-order valence-corrected chi connectivity index (χ4v) is 1.59. The van der Waals surface area contributed by atoms with Crippen LogP contribution in [-0.2, 0) is 9.47 Å². The van der Waals surface area contributed by atoms with Crippen molar-refractivity contribution in [3.8, 4) is 0 Å². The summed E-state index contributed by atoms with van der Waals surface area (Å²) in [4.78, 5) is 0. The monoisotopic (exact) mass is 230 g/mol. The van der Waals surface area contributed by atoms with E-state index in [4.69, 9.17) is 20.4 Å². The predicted octanol–water partition coefficient (Wildman–Crippen LogP) is 1.34. The zero-order valence-corrected chi connectivity index (χ0v) is 10.1. The Morgan fingerprint density at radius 1 is 1.50 bits per heavy atom. The normalized spacial score (nSPS) is 20.0. The summed E-state index contributed by atoms with van der Waals surface area (Å²) in [6, 6.07) is 0. The minimum absolute atomic E-state index is 0.253. The highest BCUT2D eigenvalue weighted by Gasteiger charge is 2.24. The lowest BCUT2D eigenvalue weighted by Gasteiger charge is -2.26. The van der Waals surface area contributed by atoms with Gasteiger partial charge in [0.25, 0.3) is 0 Å². The number of oxime groups is 1. The lowest BCUT2D eigenvalue weighted by Crippen LogP contribution is -2.34. The van der Waals surface area contributed by atoms with E-state index in [1.807, 2.05) is 13.8 Å². The van der Waals surface area contributed by atoms with Crippen LogP contribution in [0.3, 0.4) is 0 Å². The highest BCUT2D eigenvalue weighted by molar-refractivity contribution is 5.85. The molecule has 94 valence electrons. The van der Waals surface area contributed by atoms with Crippen molar-refractivity contribution >= 4 is 5.84 Å². The van der Waals surface area contributed by atoms with Crippen LogP contribution in [-0.4, -0.2) is 37.0 Å². The van der Waals surface area contributed by atoms with Crippen molar-refractivity contribution in [2.45, 2.75) is 39.2 Å². The number of hydrogen-bond donors (Lipinski definition) is 2. The minimum Gasteiger partial charge on any atom is -0.409 e. The highest BCUT2D eigenvalue weighted by atomic mass is 16.5. The third-order valence-corrected chi connectivity index (χ3v) is 3.05. The topological polar surface area (TPSA) is 77.1 Å². The molecule has 5 nitrogen and oxygen atoms in total. The number of rotatable bonds is 5. The van der Waals surface area contributed by atoms with E-state index in [0.717, 1.165) is 32.5 Å². The smallest absolute Gasteiger partial charge is 0.144 e. The van der Waals surface area contributed by atoms with Crippen LogP contribution in [0.5, 0.6) is 0 Å². The fourth-order valence-electron chi connectivity index (χ4n) is 1.59. The van der Waals surface area contributed by atoms with E-state index in [1.54, 1.807) is 0 Å². The van der Waals surface area contributed by atoms with Gasteiger partial charge in [0.15, 0.2) is 0 Å². The number of hydrogen-bond acceptors (Lipinski definition) is 4. The fraction of sp³-hybridized carbons (Fsp3) is 0.909. The molecule has 0 bridgehead atoms. The van der Waals surface area contributed by atoms with Gasteiger partial charge in [0.2, 0.25) is 0 Å². The molecule has 1 heterocycles. The van der Waals surface area contributed by atoms with Crippen molar-refractivity contribution in [2.24, 2.45) is 16.3 Å². The number of nitrogens with zero attached hydrogens (tertiary/aromatic N) is 1. The molecule has 0 unspecified atom stereocenters. The molecule has 5 heteroatoms. The molecule has 0 amide bonds. The van der Waals surface area contributed by atoms with Crippen molar-refractivity contribution in [3.63, 3.8) is 0 Å². The third-order valence-electron chi connectivity index (χ3n) is 3.05. The molecule has 1 aliphatic heterocycles. The lowest BCUT2D eigenvalue weighted by atomic mass is 9.88. The van der Waals surface area contributed by atoms with Crippen LogP contribution < -0.4 is 5.73 Å². The maximum Gasteiger partial charge on any atom is 0.144 e. The Labute approximate surface area is 96.6 Å². The van der Waals surface area contributed by atoms with Crippen LogP contribution in [0.25, 0.3) is 0 Å². The van der Waals surface area contributed by atoms with Gasteiger partial charge in [-0.25, -0.2) is 0 Å². The molecule has 0 aliphatic carbocycles. The Bertz CT molecular complexity index is 235. The van der Waals surface area contributed by atoms with Crippen LogP contribution in [0.4, 0.5) is 0 Å². The first-order chi connectivity index (χ1) is 7.56. The van der Waals surface area contributed by atoms with Crippen LogP contribution in [0.1, 0.15) is 33.1 Å². The Balaban J connectivity index is 2.23. The van der Waals surface area contributed by atoms with E-state index >= 15 is 0 Å². The van der Waals surface area contributed by atoms with Crippen LogP contribution in [0.2, 0.25) is 0 Å². The van der Waals surface area contributed by atoms with Gasteiger partial charge < -0.3 is 20.4 Å². The summed E-state index contributed by atoms with van der Waals surface area (Å²) in [6.07, 6.45) is 2.98. The maximum atomic E-state index is 8.62. The summed E-state index contributed by atoms with van der Waals surface area (Å²) in [5.41, 5.74) is 5.27. The third kappa shape index (κ3) is 3.98. The van der Waals surface area contributed by atoms with Gasteiger partial charge in [-0.15, -0.1) is 0 Å². The SMILES string of the molecule is CC(C)(CCOC1CCOCC1)C(N)=NO. The number of nitrogens with two attached hydrogens (primary N) is 1. The van der Waals surface area contributed by atoms with Gasteiger partial charge in [-0.2, -0.15) is 0 Å². The minimum atomic E-state index is -0.320. The molecule has 0 aromatic heterocycles. The second kappa shape index (κ2) is 6.06. The van der Waals surface area contributed by atoms with E-state index in [9.17, 15) is 0 Å². The molecule has 16 heavy (non-hydrogen) atoms. The molecular formula is C11H22N2O3. The highest BCUT2D eigenvalue weighted by Crippen LogP contribution is 2.21. The molecule has 0 atom stereocenters. The summed E-state index contributed by atoms with van der Waals surface area (Å²) in [7, 11) is 0. The van der Waals surface area contributed by atoms with Crippen molar-refractivity contribution in [3.05, 3.63) is 0 Å². The average Bonchev–Trinajstić information content (AvgIpc) is 2.29. The van der Waals surface area contributed by atoms with E-state index < -0.39 is 0 Å². The Hall–Kier alpha value is -0.810. The second-order valence-electron chi connectivity index (χ2n) is 4.80. The number of ether oxygens (including phenoxy) is 2. The zero-order valence-electron chi connectivity index (χ0n) is 10.1. The van der Waals surface area contributed by atoms with Crippen molar-refractivity contribution in [1.82, 2.24) is 0 Å². The van der Waals surface area contributed by atoms with Crippen molar-refractivity contribution < 1.29 is 14.7 Å². The van der Waals surface area contributed by atoms with E-state index in [2.05, 4.69) is 5.16 Å². The first-order valence-electron chi connectivity index (χ1n) is 5.73. The summed E-state index contributed by atoms with van der Waals surface area (Å²) in [6.45, 7) is 6.08. The van der Waals surface area contributed by atoms with Crippen molar-refractivity contribution in [1.29, 1.82) is 0 Å². The molecule has 1 saturated heterocycles. The van der Waals surface area contributed by atoms with Gasteiger partial charge >= 0.3 is 0 Å². The van der Waals surface area contributed by atoms with Crippen LogP contribution in [0, 0.1) is 5.41 Å². The summed E-state index contributed by atoms with van der Waals surface area (Å²) in [5.74, 6) is 0.253. The van der Waals surface area contributed by atoms with Gasteiger partial charge in [-0.1, -0.05) is 19.0 Å². The molecule has 0 radical (unpaired) electrons. The maximum absolute atomic E-state index is 8.62. The van der Waals surface area contributed by atoms with Crippen LogP contribution >= 0.6 is 0 Å². The quantitative estimate of drug-likeness (QED) is 0.323. The molecule has 0 aromatic carbocycles. The number of amidine groups is 1. The summed E-state index contributed by atoms with van der Waals surface area (Å²) in [5, 5.41) is 11.7. The Morgan fingerprint density at radius 2 is 2.12 bits per heavy atom. The molecule has 0 saturated carbocycles. The standard InChI is InChI=1S/C11H22N2O3/c1-11(2,10(12)13-14)5-8-16-9-3-6-15-7-4-9/h9,14H,3-8H2,1-2H3,(H2,12,13). The molecule has 1 fully saturated rings. The second-order valence-corrected chi connectivity index (χ2v) is 4.80. The zero-order chi connectivity index (χ0) is 12.0. The largest absolute Gasteiger partial charge is 0.409 e. The van der Waals surface area contributed by atoms with Gasteiger partial charge in [0.1, 0.15) is 5.84 Å². The molecule has 1 aliphatic rings. The molecule has 0 spiro atoms.